The van der Waals surface area contributed by atoms with E-state index in [1.165, 1.54) is 12.7 Å². The molecule has 1 aliphatic rings. The van der Waals surface area contributed by atoms with E-state index in [-0.39, 0.29) is 24.5 Å². The van der Waals surface area contributed by atoms with E-state index in [1.54, 1.807) is 30.2 Å². The number of benzene rings is 2. The molecule has 2 aromatic carbocycles. The zero-order chi connectivity index (χ0) is 21.0. The van der Waals surface area contributed by atoms with Crippen molar-refractivity contribution in [2.24, 2.45) is 0 Å². The lowest BCUT2D eigenvalue weighted by Gasteiger charge is -2.33. The molecule has 1 atom stereocenters. The number of nitrogens with one attached hydrogen (secondary N) is 1. The average Bonchev–Trinajstić information content (AvgIpc) is 2.74. The maximum Gasteiger partial charge on any atom is 0.253 e. The number of carbonyl (C=O) groups excluding carboxylic acids is 2. The second-order valence-electron chi connectivity index (χ2n) is 6.99. The molecule has 1 unspecified atom stereocenters. The van der Waals surface area contributed by atoms with E-state index in [1.807, 2.05) is 32.0 Å². The molecular weight excluding hydrogens is 372 g/mol. The summed E-state index contributed by atoms with van der Waals surface area (Å²) in [6.07, 6.45) is -0.293. The van der Waals surface area contributed by atoms with Crippen molar-refractivity contribution in [2.75, 3.05) is 38.8 Å². The third-order valence-corrected chi connectivity index (χ3v) is 5.07. The van der Waals surface area contributed by atoms with E-state index < -0.39 is 0 Å². The molecule has 0 radical (unpaired) electrons. The van der Waals surface area contributed by atoms with Gasteiger partial charge in [-0.05, 0) is 55.3 Å². The van der Waals surface area contributed by atoms with E-state index in [4.69, 9.17) is 14.2 Å². The summed E-state index contributed by atoms with van der Waals surface area (Å²) in [4.78, 5) is 26.5. The van der Waals surface area contributed by atoms with E-state index >= 15 is 0 Å². The normalized spacial score (nSPS) is 16.5. The minimum absolute atomic E-state index is 0.0101. The van der Waals surface area contributed by atoms with Gasteiger partial charge in [-0.25, -0.2) is 0 Å². The lowest BCUT2D eigenvalue weighted by atomic mass is 10.1. The van der Waals surface area contributed by atoms with Crippen molar-refractivity contribution in [1.29, 1.82) is 0 Å². The summed E-state index contributed by atoms with van der Waals surface area (Å²) >= 11 is 0. The first-order valence-electron chi connectivity index (χ1n) is 9.42. The van der Waals surface area contributed by atoms with Crippen LogP contribution in [-0.4, -0.2) is 51.8 Å². The fourth-order valence-corrected chi connectivity index (χ4v) is 3.18. The van der Waals surface area contributed by atoms with E-state index in [9.17, 15) is 9.59 Å². The van der Waals surface area contributed by atoms with Crippen LogP contribution in [0.5, 0.6) is 11.5 Å². The van der Waals surface area contributed by atoms with Crippen LogP contribution in [0.3, 0.4) is 0 Å². The molecule has 1 heterocycles. The SMILES string of the molecule is COc1ccc(C(=O)NCC2CN(c3ccc(C)c(C)c3)C(=O)CO2)cc1OC. The van der Waals surface area contributed by atoms with Crippen LogP contribution in [0.1, 0.15) is 21.5 Å². The van der Waals surface area contributed by atoms with Gasteiger partial charge in [0.25, 0.3) is 11.8 Å². The number of aryl methyl sites for hydroxylation is 2. The number of hydrogen-bond donors (Lipinski definition) is 1. The van der Waals surface area contributed by atoms with E-state index in [0.717, 1.165) is 11.3 Å². The Morgan fingerprint density at radius 3 is 2.55 bits per heavy atom. The predicted molar refractivity (Wildman–Crippen MR) is 110 cm³/mol. The Labute approximate surface area is 170 Å². The van der Waals surface area contributed by atoms with Gasteiger partial charge in [-0.1, -0.05) is 6.07 Å². The van der Waals surface area contributed by atoms with Crippen molar-refractivity contribution in [3.8, 4) is 11.5 Å². The number of ether oxygens (including phenoxy) is 3. The molecule has 2 aromatic rings. The molecule has 2 amide bonds. The summed E-state index contributed by atoms with van der Waals surface area (Å²) in [7, 11) is 3.06. The van der Waals surface area contributed by atoms with Crippen LogP contribution < -0.4 is 19.7 Å². The number of anilines is 1. The van der Waals surface area contributed by atoms with Gasteiger partial charge in [0.1, 0.15) is 6.61 Å². The van der Waals surface area contributed by atoms with Crippen LogP contribution >= 0.6 is 0 Å². The van der Waals surface area contributed by atoms with Gasteiger partial charge in [-0.3, -0.25) is 9.59 Å². The molecule has 1 fully saturated rings. The van der Waals surface area contributed by atoms with Gasteiger partial charge in [0.15, 0.2) is 11.5 Å². The van der Waals surface area contributed by atoms with Crippen LogP contribution in [0.15, 0.2) is 36.4 Å². The highest BCUT2D eigenvalue weighted by Crippen LogP contribution is 2.27. The summed E-state index contributed by atoms with van der Waals surface area (Å²) in [5.74, 6) is 0.711. The van der Waals surface area contributed by atoms with Crippen molar-refractivity contribution >= 4 is 17.5 Å². The smallest absolute Gasteiger partial charge is 0.253 e. The number of amides is 2. The van der Waals surface area contributed by atoms with Crippen molar-refractivity contribution in [3.05, 3.63) is 53.1 Å². The summed E-state index contributed by atoms with van der Waals surface area (Å²) in [5, 5.41) is 2.87. The third-order valence-electron chi connectivity index (χ3n) is 5.07. The fraction of sp³-hybridized carbons (Fsp3) is 0.364. The first-order valence-corrected chi connectivity index (χ1v) is 9.42. The quantitative estimate of drug-likeness (QED) is 0.809. The molecule has 0 spiro atoms. The van der Waals surface area contributed by atoms with Gasteiger partial charge in [0, 0.05) is 17.8 Å². The molecule has 29 heavy (non-hydrogen) atoms. The van der Waals surface area contributed by atoms with Crippen LogP contribution in [0.2, 0.25) is 0 Å². The van der Waals surface area contributed by atoms with Crippen molar-refractivity contribution in [1.82, 2.24) is 5.32 Å². The maximum absolute atomic E-state index is 12.5. The largest absolute Gasteiger partial charge is 0.493 e. The van der Waals surface area contributed by atoms with Crippen LogP contribution in [-0.2, 0) is 9.53 Å². The number of hydrogen-bond acceptors (Lipinski definition) is 5. The molecule has 0 bridgehead atoms. The highest BCUT2D eigenvalue weighted by atomic mass is 16.5. The van der Waals surface area contributed by atoms with Crippen molar-refractivity contribution < 1.29 is 23.8 Å². The summed E-state index contributed by atoms with van der Waals surface area (Å²) < 4.78 is 16.0. The Balaban J connectivity index is 1.64. The Kier molecular flexibility index (Phi) is 6.39. The van der Waals surface area contributed by atoms with Gasteiger partial charge >= 0.3 is 0 Å². The van der Waals surface area contributed by atoms with Gasteiger partial charge in [-0.2, -0.15) is 0 Å². The van der Waals surface area contributed by atoms with Crippen LogP contribution in [0.25, 0.3) is 0 Å². The summed E-state index contributed by atoms with van der Waals surface area (Å²) in [6, 6.07) is 10.9. The molecule has 0 saturated carbocycles. The number of carbonyl (C=O) groups is 2. The second-order valence-corrected chi connectivity index (χ2v) is 6.99. The molecule has 0 aromatic heterocycles. The van der Waals surface area contributed by atoms with Crippen molar-refractivity contribution in [2.45, 2.75) is 20.0 Å². The van der Waals surface area contributed by atoms with E-state index in [0.29, 0.717) is 30.2 Å². The molecular formula is C22H26N2O5. The van der Waals surface area contributed by atoms with E-state index in [2.05, 4.69) is 5.32 Å². The Morgan fingerprint density at radius 1 is 1.10 bits per heavy atom. The standard InChI is InChI=1S/C22H26N2O5/c1-14-5-7-17(9-15(14)2)24-12-18(29-13-21(24)25)11-23-22(26)16-6-8-19(27-3)20(10-16)28-4/h5-10,18H,11-13H2,1-4H3,(H,23,26). The predicted octanol–water partition coefficient (Wildman–Crippen LogP) is 2.48. The Morgan fingerprint density at radius 2 is 1.86 bits per heavy atom. The topological polar surface area (TPSA) is 77.1 Å². The van der Waals surface area contributed by atoms with Crippen LogP contribution in [0, 0.1) is 13.8 Å². The van der Waals surface area contributed by atoms with Crippen LogP contribution in [0.4, 0.5) is 5.69 Å². The lowest BCUT2D eigenvalue weighted by molar-refractivity contribution is -0.129. The molecule has 7 heteroatoms. The molecule has 154 valence electrons. The summed E-state index contributed by atoms with van der Waals surface area (Å²) in [5.41, 5.74) is 3.60. The monoisotopic (exact) mass is 398 g/mol. The highest BCUT2D eigenvalue weighted by molar-refractivity contribution is 5.96. The maximum atomic E-state index is 12.5. The number of rotatable bonds is 6. The molecule has 1 aliphatic heterocycles. The average molecular weight is 398 g/mol. The Hall–Kier alpha value is -3.06. The number of morpholine rings is 1. The molecule has 3 rings (SSSR count). The highest BCUT2D eigenvalue weighted by Gasteiger charge is 2.28. The minimum Gasteiger partial charge on any atom is -0.493 e. The first kappa shape index (κ1) is 20.7. The molecule has 1 saturated heterocycles. The minimum atomic E-state index is -0.293. The third kappa shape index (κ3) is 4.68. The van der Waals surface area contributed by atoms with Gasteiger partial charge in [-0.15, -0.1) is 0 Å². The van der Waals surface area contributed by atoms with Gasteiger partial charge in [0.2, 0.25) is 0 Å². The molecule has 7 nitrogen and oxygen atoms in total. The second kappa shape index (κ2) is 8.96. The number of methoxy groups -OCH3 is 2. The van der Waals surface area contributed by atoms with Gasteiger partial charge in [0.05, 0.1) is 26.9 Å². The zero-order valence-corrected chi connectivity index (χ0v) is 17.2. The number of nitrogens with zero attached hydrogens (tertiary/aromatic N) is 1. The molecule has 1 N–H and O–H groups in total. The fourth-order valence-electron chi connectivity index (χ4n) is 3.18. The molecule has 0 aliphatic carbocycles. The zero-order valence-electron chi connectivity index (χ0n) is 17.2. The summed E-state index contributed by atoms with van der Waals surface area (Å²) in [6.45, 7) is 4.72. The first-order chi connectivity index (χ1) is 13.9. The van der Waals surface area contributed by atoms with Crippen molar-refractivity contribution in [3.63, 3.8) is 0 Å². The Bertz CT molecular complexity index is 912. The lowest BCUT2D eigenvalue weighted by Crippen LogP contribution is -2.50. The van der Waals surface area contributed by atoms with Gasteiger partial charge < -0.3 is 24.4 Å².